The first-order chi connectivity index (χ1) is 11.1. The van der Waals surface area contributed by atoms with Gasteiger partial charge in [0.2, 0.25) is 5.91 Å². The summed E-state index contributed by atoms with van der Waals surface area (Å²) in [6.45, 7) is 2.66. The van der Waals surface area contributed by atoms with Crippen LogP contribution >= 0.6 is 11.3 Å². The van der Waals surface area contributed by atoms with Gasteiger partial charge in [-0.15, -0.1) is 0 Å². The van der Waals surface area contributed by atoms with Gasteiger partial charge in [0.1, 0.15) is 12.0 Å². The van der Waals surface area contributed by atoms with Crippen molar-refractivity contribution in [3.8, 4) is 0 Å². The molecule has 0 aliphatic rings. The highest BCUT2D eigenvalue weighted by atomic mass is 32.1. The summed E-state index contributed by atoms with van der Waals surface area (Å²) >= 11 is 1.49. The highest BCUT2D eigenvalue weighted by Gasteiger charge is 2.16. The van der Waals surface area contributed by atoms with E-state index in [0.29, 0.717) is 18.1 Å². The van der Waals surface area contributed by atoms with Gasteiger partial charge in [-0.1, -0.05) is 28.6 Å². The molecule has 6 nitrogen and oxygen atoms in total. The molecule has 3 aromatic rings. The number of aromatic nitrogens is 2. The van der Waals surface area contributed by atoms with E-state index >= 15 is 0 Å². The molecular formula is C16H18N4O2S. The lowest BCUT2D eigenvalue weighted by Gasteiger charge is -2.22. The molecular weight excluding hydrogens is 312 g/mol. The van der Waals surface area contributed by atoms with Gasteiger partial charge >= 0.3 is 0 Å². The van der Waals surface area contributed by atoms with Crippen LogP contribution in [-0.2, 0) is 4.79 Å². The van der Waals surface area contributed by atoms with Crippen LogP contribution in [-0.4, -0.2) is 34.5 Å². The van der Waals surface area contributed by atoms with E-state index in [1.165, 1.54) is 11.3 Å². The first-order valence-electron chi connectivity index (χ1n) is 7.39. The van der Waals surface area contributed by atoms with Crippen molar-refractivity contribution in [2.75, 3.05) is 18.9 Å². The minimum Gasteiger partial charge on any atom is -0.364 e. The molecule has 2 heterocycles. The average molecular weight is 330 g/mol. The number of nitrogens with zero attached hydrogens (tertiary/aromatic N) is 3. The molecule has 0 radical (unpaired) electrons. The standard InChI is InChI=1S/C16H18N4O2S/c1-11(12-8-10-22-19-12)20(2)9-7-15(21)18-16-17-13-5-3-4-6-14(13)23-16/h3-6,8,10-11H,7,9H2,1-2H3,(H,17,18,21)/t11-/m0/s1. The van der Waals surface area contributed by atoms with Gasteiger partial charge in [-0.3, -0.25) is 9.69 Å². The van der Waals surface area contributed by atoms with Crippen LogP contribution in [0.2, 0.25) is 0 Å². The maximum atomic E-state index is 12.1. The number of carbonyl (C=O) groups excluding carboxylic acids is 1. The zero-order chi connectivity index (χ0) is 16.2. The van der Waals surface area contributed by atoms with Crippen molar-refractivity contribution >= 4 is 32.6 Å². The van der Waals surface area contributed by atoms with Crippen molar-refractivity contribution in [1.82, 2.24) is 15.0 Å². The van der Waals surface area contributed by atoms with E-state index in [-0.39, 0.29) is 11.9 Å². The van der Waals surface area contributed by atoms with Crippen LogP contribution in [0.3, 0.4) is 0 Å². The predicted octanol–water partition coefficient (Wildman–Crippen LogP) is 3.31. The fourth-order valence-corrected chi connectivity index (χ4v) is 3.12. The van der Waals surface area contributed by atoms with Gasteiger partial charge in [-0.2, -0.15) is 0 Å². The van der Waals surface area contributed by atoms with Gasteiger partial charge in [-0.25, -0.2) is 4.98 Å². The third-order valence-electron chi connectivity index (χ3n) is 3.78. The zero-order valence-electron chi connectivity index (χ0n) is 13.0. The van der Waals surface area contributed by atoms with Crippen molar-refractivity contribution < 1.29 is 9.32 Å². The number of para-hydroxylation sites is 1. The number of benzene rings is 1. The highest BCUT2D eigenvalue weighted by Crippen LogP contribution is 2.25. The second-order valence-corrected chi connectivity index (χ2v) is 6.40. The molecule has 0 saturated heterocycles. The molecule has 1 aromatic carbocycles. The average Bonchev–Trinajstić information content (AvgIpc) is 3.20. The Balaban J connectivity index is 1.53. The number of carbonyl (C=O) groups is 1. The van der Waals surface area contributed by atoms with Gasteiger partial charge in [-0.05, 0) is 26.1 Å². The molecule has 1 atom stereocenters. The maximum absolute atomic E-state index is 12.1. The number of anilines is 1. The molecule has 2 aromatic heterocycles. The Bertz CT molecular complexity index is 751. The Morgan fingerprint density at radius 1 is 1.39 bits per heavy atom. The Hall–Kier alpha value is -2.25. The van der Waals surface area contributed by atoms with Crippen LogP contribution in [0.5, 0.6) is 0 Å². The predicted molar refractivity (Wildman–Crippen MR) is 90.4 cm³/mol. The molecule has 7 heteroatoms. The van der Waals surface area contributed by atoms with Crippen LogP contribution in [0.1, 0.15) is 25.1 Å². The third-order valence-corrected chi connectivity index (χ3v) is 4.73. The molecule has 0 saturated carbocycles. The van der Waals surface area contributed by atoms with E-state index in [1.807, 2.05) is 44.3 Å². The molecule has 0 bridgehead atoms. The minimum absolute atomic E-state index is 0.0386. The van der Waals surface area contributed by atoms with E-state index in [2.05, 4.69) is 20.4 Å². The largest absolute Gasteiger partial charge is 0.364 e. The summed E-state index contributed by atoms with van der Waals surface area (Å²) in [5, 5.41) is 7.44. The van der Waals surface area contributed by atoms with E-state index in [0.717, 1.165) is 15.9 Å². The molecule has 0 aliphatic heterocycles. The topological polar surface area (TPSA) is 71.3 Å². The molecule has 3 rings (SSSR count). The quantitative estimate of drug-likeness (QED) is 0.751. The summed E-state index contributed by atoms with van der Waals surface area (Å²) in [6, 6.07) is 9.78. The van der Waals surface area contributed by atoms with Gasteiger partial charge in [0.25, 0.3) is 0 Å². The Morgan fingerprint density at radius 3 is 2.96 bits per heavy atom. The van der Waals surface area contributed by atoms with Gasteiger partial charge < -0.3 is 9.84 Å². The SMILES string of the molecule is C[C@@H](c1ccon1)N(C)CCC(=O)Nc1nc2ccccc2s1. The summed E-state index contributed by atoms with van der Waals surface area (Å²) in [5.41, 5.74) is 1.77. The van der Waals surface area contributed by atoms with Crippen molar-refractivity contribution in [3.63, 3.8) is 0 Å². The molecule has 0 unspecified atom stereocenters. The maximum Gasteiger partial charge on any atom is 0.227 e. The third kappa shape index (κ3) is 3.75. The van der Waals surface area contributed by atoms with E-state index in [1.54, 1.807) is 6.26 Å². The minimum atomic E-state index is -0.0386. The number of thiazole rings is 1. The van der Waals surface area contributed by atoms with Crippen LogP contribution in [0, 0.1) is 0 Å². The van der Waals surface area contributed by atoms with Crippen molar-refractivity contribution in [1.29, 1.82) is 0 Å². The van der Waals surface area contributed by atoms with E-state index < -0.39 is 0 Å². The first kappa shape index (κ1) is 15.6. The molecule has 0 aliphatic carbocycles. The van der Waals surface area contributed by atoms with Crippen LogP contribution in [0.4, 0.5) is 5.13 Å². The lowest BCUT2D eigenvalue weighted by Crippen LogP contribution is -2.27. The second kappa shape index (κ2) is 6.89. The van der Waals surface area contributed by atoms with Crippen LogP contribution in [0.25, 0.3) is 10.2 Å². The Morgan fingerprint density at radius 2 is 2.22 bits per heavy atom. The summed E-state index contributed by atoms with van der Waals surface area (Å²) in [5.74, 6) is -0.0386. The Labute approximate surface area is 138 Å². The van der Waals surface area contributed by atoms with Crippen molar-refractivity contribution in [2.45, 2.75) is 19.4 Å². The summed E-state index contributed by atoms with van der Waals surface area (Å²) in [6.07, 6.45) is 1.95. The first-order valence-corrected chi connectivity index (χ1v) is 8.21. The highest BCUT2D eigenvalue weighted by molar-refractivity contribution is 7.22. The molecule has 23 heavy (non-hydrogen) atoms. The molecule has 120 valence electrons. The molecule has 0 fully saturated rings. The lowest BCUT2D eigenvalue weighted by molar-refractivity contribution is -0.116. The summed E-state index contributed by atoms with van der Waals surface area (Å²) in [7, 11) is 1.96. The molecule has 0 spiro atoms. The summed E-state index contributed by atoms with van der Waals surface area (Å²) in [4.78, 5) is 18.6. The lowest BCUT2D eigenvalue weighted by atomic mass is 10.2. The monoisotopic (exact) mass is 330 g/mol. The smallest absolute Gasteiger partial charge is 0.227 e. The Kier molecular flexibility index (Phi) is 4.68. The fourth-order valence-electron chi connectivity index (χ4n) is 2.24. The number of fused-ring (bicyclic) bond motifs is 1. The molecule has 1 amide bonds. The second-order valence-electron chi connectivity index (χ2n) is 5.37. The number of nitrogens with one attached hydrogen (secondary N) is 1. The number of amides is 1. The van der Waals surface area contributed by atoms with Crippen LogP contribution in [0.15, 0.2) is 41.1 Å². The van der Waals surface area contributed by atoms with Gasteiger partial charge in [0.05, 0.1) is 16.3 Å². The fraction of sp³-hybridized carbons (Fsp3) is 0.312. The van der Waals surface area contributed by atoms with Crippen LogP contribution < -0.4 is 5.32 Å². The number of rotatable bonds is 6. The zero-order valence-corrected chi connectivity index (χ0v) is 13.8. The molecule has 1 N–H and O–H groups in total. The number of hydrogen-bond acceptors (Lipinski definition) is 6. The number of hydrogen-bond donors (Lipinski definition) is 1. The van der Waals surface area contributed by atoms with Gasteiger partial charge in [0, 0.05) is 19.0 Å². The van der Waals surface area contributed by atoms with Gasteiger partial charge in [0.15, 0.2) is 5.13 Å². The van der Waals surface area contributed by atoms with Crippen molar-refractivity contribution in [2.24, 2.45) is 0 Å². The van der Waals surface area contributed by atoms with Crippen molar-refractivity contribution in [3.05, 3.63) is 42.3 Å². The van der Waals surface area contributed by atoms with E-state index in [4.69, 9.17) is 4.52 Å². The summed E-state index contributed by atoms with van der Waals surface area (Å²) < 4.78 is 5.93. The van der Waals surface area contributed by atoms with E-state index in [9.17, 15) is 4.79 Å². The normalized spacial score (nSPS) is 12.7.